The molecule has 116 valence electrons. The van der Waals surface area contributed by atoms with E-state index in [-0.39, 0.29) is 0 Å². The zero-order chi connectivity index (χ0) is 15.4. The number of piperidine rings is 1. The van der Waals surface area contributed by atoms with Crippen LogP contribution in [0.1, 0.15) is 12.8 Å². The van der Waals surface area contributed by atoms with Crippen LogP contribution in [-0.2, 0) is 0 Å². The fraction of sp³-hybridized carbons (Fsp3) is 0.375. The molecule has 2 aromatic rings. The minimum atomic E-state index is 0.526. The van der Waals surface area contributed by atoms with Gasteiger partial charge in [0, 0.05) is 35.5 Å². The topological polar surface area (TPSA) is 38.2 Å². The number of ether oxygens (including phenoxy) is 1. The molecule has 1 aromatic carbocycles. The van der Waals surface area contributed by atoms with Gasteiger partial charge in [0.1, 0.15) is 5.75 Å². The number of anilines is 1. The largest absolute Gasteiger partial charge is 0.493 e. The Balaban J connectivity index is 1.50. The highest BCUT2D eigenvalue weighted by Gasteiger charge is 2.21. The molecule has 6 heteroatoms. The molecular formula is C16H17Cl2N3O. The summed E-state index contributed by atoms with van der Waals surface area (Å²) >= 11 is 11.9. The van der Waals surface area contributed by atoms with Gasteiger partial charge < -0.3 is 9.64 Å². The van der Waals surface area contributed by atoms with E-state index in [1.807, 2.05) is 6.07 Å². The quantitative estimate of drug-likeness (QED) is 0.842. The summed E-state index contributed by atoms with van der Waals surface area (Å²) in [6.45, 7) is 2.59. The van der Waals surface area contributed by atoms with Gasteiger partial charge in [0.15, 0.2) is 0 Å². The second-order valence-electron chi connectivity index (χ2n) is 5.40. The minimum Gasteiger partial charge on any atom is -0.493 e. The van der Waals surface area contributed by atoms with E-state index in [0.717, 1.165) is 37.6 Å². The molecule has 4 nitrogen and oxygen atoms in total. The van der Waals surface area contributed by atoms with Gasteiger partial charge in [0.25, 0.3) is 0 Å². The Morgan fingerprint density at radius 2 is 1.68 bits per heavy atom. The molecule has 0 aliphatic carbocycles. The summed E-state index contributed by atoms with van der Waals surface area (Å²) in [6.07, 6.45) is 5.68. The van der Waals surface area contributed by atoms with Crippen LogP contribution in [0.2, 0.25) is 10.0 Å². The monoisotopic (exact) mass is 337 g/mol. The van der Waals surface area contributed by atoms with Gasteiger partial charge in [-0.1, -0.05) is 23.2 Å². The van der Waals surface area contributed by atoms with Gasteiger partial charge in [-0.3, -0.25) is 0 Å². The van der Waals surface area contributed by atoms with Crippen molar-refractivity contribution < 1.29 is 4.74 Å². The maximum absolute atomic E-state index is 5.97. The Kier molecular flexibility index (Phi) is 5.01. The van der Waals surface area contributed by atoms with Gasteiger partial charge in [-0.05, 0) is 43.0 Å². The maximum Gasteiger partial charge on any atom is 0.225 e. The van der Waals surface area contributed by atoms with Crippen LogP contribution in [0.25, 0.3) is 0 Å². The first-order chi connectivity index (χ1) is 10.7. The Morgan fingerprint density at radius 1 is 1.05 bits per heavy atom. The number of nitrogens with zero attached hydrogens (tertiary/aromatic N) is 3. The van der Waals surface area contributed by atoms with Crippen LogP contribution in [0, 0.1) is 5.92 Å². The fourth-order valence-corrected chi connectivity index (χ4v) is 3.09. The van der Waals surface area contributed by atoms with Crippen molar-refractivity contribution in [2.75, 3.05) is 24.6 Å². The summed E-state index contributed by atoms with van der Waals surface area (Å²) in [5, 5.41) is 1.19. The number of halogens is 2. The molecule has 0 spiro atoms. The van der Waals surface area contributed by atoms with Crippen molar-refractivity contribution in [3.05, 3.63) is 46.7 Å². The van der Waals surface area contributed by atoms with Crippen LogP contribution in [0.5, 0.6) is 5.75 Å². The molecule has 2 heterocycles. The summed E-state index contributed by atoms with van der Waals surface area (Å²) in [5.41, 5.74) is 0. The zero-order valence-corrected chi connectivity index (χ0v) is 13.6. The van der Waals surface area contributed by atoms with Crippen molar-refractivity contribution in [1.82, 2.24) is 9.97 Å². The van der Waals surface area contributed by atoms with E-state index in [9.17, 15) is 0 Å². The van der Waals surface area contributed by atoms with Gasteiger partial charge in [-0.2, -0.15) is 0 Å². The van der Waals surface area contributed by atoms with Crippen LogP contribution in [0.4, 0.5) is 5.95 Å². The SMILES string of the molecule is Clc1cc(Cl)cc(OCC2CCN(c3ncccn3)CC2)c1. The first-order valence-electron chi connectivity index (χ1n) is 7.31. The normalized spacial score (nSPS) is 15.8. The third kappa shape index (κ3) is 4.02. The number of rotatable bonds is 4. The van der Waals surface area contributed by atoms with Gasteiger partial charge in [-0.15, -0.1) is 0 Å². The van der Waals surface area contributed by atoms with Crippen molar-refractivity contribution in [2.45, 2.75) is 12.8 Å². The van der Waals surface area contributed by atoms with E-state index in [0.29, 0.717) is 22.6 Å². The number of aromatic nitrogens is 2. The molecular weight excluding hydrogens is 321 g/mol. The lowest BCUT2D eigenvalue weighted by Gasteiger charge is -2.31. The zero-order valence-electron chi connectivity index (χ0n) is 12.1. The Labute approximate surface area is 140 Å². The Hall–Kier alpha value is -1.52. The number of hydrogen-bond donors (Lipinski definition) is 0. The van der Waals surface area contributed by atoms with E-state index in [1.165, 1.54) is 0 Å². The molecule has 0 amide bonds. The van der Waals surface area contributed by atoms with Gasteiger partial charge in [0.05, 0.1) is 6.61 Å². The molecule has 1 aliphatic heterocycles. The van der Waals surface area contributed by atoms with Crippen LogP contribution in [0.3, 0.4) is 0 Å². The number of benzene rings is 1. The molecule has 0 unspecified atom stereocenters. The average Bonchev–Trinajstić information content (AvgIpc) is 2.53. The first-order valence-corrected chi connectivity index (χ1v) is 8.07. The van der Waals surface area contributed by atoms with Crippen LogP contribution < -0.4 is 9.64 Å². The predicted octanol–water partition coefficient (Wildman–Crippen LogP) is 4.08. The molecule has 0 saturated carbocycles. The molecule has 1 saturated heterocycles. The van der Waals surface area contributed by atoms with Crippen molar-refractivity contribution in [3.8, 4) is 5.75 Å². The number of hydrogen-bond acceptors (Lipinski definition) is 4. The van der Waals surface area contributed by atoms with Crippen molar-refractivity contribution >= 4 is 29.2 Å². The van der Waals surface area contributed by atoms with Crippen molar-refractivity contribution in [2.24, 2.45) is 5.92 Å². The molecule has 0 radical (unpaired) electrons. The maximum atomic E-state index is 5.97. The predicted molar refractivity (Wildman–Crippen MR) is 88.9 cm³/mol. The second-order valence-corrected chi connectivity index (χ2v) is 6.27. The fourth-order valence-electron chi connectivity index (χ4n) is 2.58. The summed E-state index contributed by atoms with van der Waals surface area (Å²) < 4.78 is 5.83. The smallest absolute Gasteiger partial charge is 0.225 e. The average molecular weight is 338 g/mol. The van der Waals surface area contributed by atoms with E-state index in [2.05, 4.69) is 14.9 Å². The first kappa shape index (κ1) is 15.4. The van der Waals surface area contributed by atoms with Crippen LogP contribution in [-0.4, -0.2) is 29.7 Å². The highest BCUT2D eigenvalue weighted by atomic mass is 35.5. The molecule has 0 atom stereocenters. The minimum absolute atomic E-state index is 0.526. The van der Waals surface area contributed by atoms with Gasteiger partial charge in [0.2, 0.25) is 5.95 Å². The summed E-state index contributed by atoms with van der Waals surface area (Å²) in [6, 6.07) is 7.12. The standard InChI is InChI=1S/C16H17Cl2N3O/c17-13-8-14(18)10-15(9-13)22-11-12-2-6-21(7-3-12)16-19-4-1-5-20-16/h1,4-5,8-10,12H,2-3,6-7,11H2. The molecule has 3 rings (SSSR count). The Morgan fingerprint density at radius 3 is 2.32 bits per heavy atom. The molecule has 0 bridgehead atoms. The van der Waals surface area contributed by atoms with Crippen LogP contribution >= 0.6 is 23.2 Å². The lowest BCUT2D eigenvalue weighted by Crippen LogP contribution is -2.36. The van der Waals surface area contributed by atoms with E-state index >= 15 is 0 Å². The van der Waals surface area contributed by atoms with E-state index < -0.39 is 0 Å². The molecule has 1 aliphatic rings. The van der Waals surface area contributed by atoms with E-state index in [1.54, 1.807) is 30.6 Å². The van der Waals surface area contributed by atoms with Crippen molar-refractivity contribution in [3.63, 3.8) is 0 Å². The van der Waals surface area contributed by atoms with Gasteiger partial charge >= 0.3 is 0 Å². The van der Waals surface area contributed by atoms with Crippen molar-refractivity contribution in [1.29, 1.82) is 0 Å². The van der Waals surface area contributed by atoms with Gasteiger partial charge in [-0.25, -0.2) is 9.97 Å². The lowest BCUT2D eigenvalue weighted by atomic mass is 9.98. The lowest BCUT2D eigenvalue weighted by molar-refractivity contribution is 0.222. The van der Waals surface area contributed by atoms with Crippen LogP contribution in [0.15, 0.2) is 36.7 Å². The third-order valence-electron chi connectivity index (χ3n) is 3.77. The summed E-state index contributed by atoms with van der Waals surface area (Å²) in [7, 11) is 0. The summed E-state index contributed by atoms with van der Waals surface area (Å²) in [5.74, 6) is 2.06. The molecule has 0 N–H and O–H groups in total. The molecule has 1 aromatic heterocycles. The third-order valence-corrected chi connectivity index (χ3v) is 4.21. The highest BCUT2D eigenvalue weighted by molar-refractivity contribution is 6.34. The van der Waals surface area contributed by atoms with E-state index in [4.69, 9.17) is 27.9 Å². The molecule has 1 fully saturated rings. The second kappa shape index (κ2) is 7.16. The highest BCUT2D eigenvalue weighted by Crippen LogP contribution is 2.26. The summed E-state index contributed by atoms with van der Waals surface area (Å²) in [4.78, 5) is 10.8. The Bertz CT molecular complexity index is 596. The molecule has 22 heavy (non-hydrogen) atoms.